The van der Waals surface area contributed by atoms with Crippen molar-refractivity contribution in [3.05, 3.63) is 17.8 Å². The van der Waals surface area contributed by atoms with Crippen molar-refractivity contribution in [2.75, 3.05) is 5.73 Å². The largest absolute Gasteiger partial charge is 0.496 e. The monoisotopic (exact) mass is 244 g/mol. The molecule has 1 saturated heterocycles. The fraction of sp³-hybridized carbons (Fsp3) is 0.462. The van der Waals surface area contributed by atoms with Crippen molar-refractivity contribution < 1.29 is 9.31 Å². The minimum absolute atomic E-state index is 0.345. The van der Waals surface area contributed by atoms with Gasteiger partial charge < -0.3 is 15.0 Å². The molecule has 1 aromatic heterocycles. The smallest absolute Gasteiger partial charge is 0.399 e. The zero-order chi connectivity index (χ0) is 13.6. The summed E-state index contributed by atoms with van der Waals surface area (Å²) in [6.45, 7) is 8.00. The molecule has 1 aromatic rings. The van der Waals surface area contributed by atoms with Gasteiger partial charge in [0.05, 0.1) is 16.8 Å². The number of nitrogen functional groups attached to an aromatic ring is 1. The maximum atomic E-state index is 5.92. The second-order valence-corrected chi connectivity index (χ2v) is 5.43. The lowest BCUT2D eigenvalue weighted by Crippen LogP contribution is -2.41. The van der Waals surface area contributed by atoms with Gasteiger partial charge in [-0.25, -0.2) is 4.98 Å². The zero-order valence-corrected chi connectivity index (χ0v) is 11.2. The molecule has 1 aliphatic heterocycles. The van der Waals surface area contributed by atoms with Gasteiger partial charge in [0.25, 0.3) is 0 Å². The molecule has 1 aliphatic rings. The third kappa shape index (κ3) is 1.98. The normalized spacial score (nSPS) is 20.7. The standard InChI is InChI=1S/C13H17BN2O2/c1-6-9-7-10(8-16-11(9)15)14-17-12(2,3)13(4,5)18-14/h1,7-8H,2-5H3,(H2,15,16). The lowest BCUT2D eigenvalue weighted by molar-refractivity contribution is 0.00578. The molecule has 0 spiro atoms. The van der Waals surface area contributed by atoms with Crippen LogP contribution >= 0.6 is 0 Å². The van der Waals surface area contributed by atoms with Gasteiger partial charge in [-0.15, -0.1) is 6.42 Å². The summed E-state index contributed by atoms with van der Waals surface area (Å²) in [6.07, 6.45) is 7.01. The summed E-state index contributed by atoms with van der Waals surface area (Å²) < 4.78 is 11.8. The highest BCUT2D eigenvalue weighted by Crippen LogP contribution is 2.36. The third-order valence-electron chi connectivity index (χ3n) is 3.62. The van der Waals surface area contributed by atoms with Crippen LogP contribution in [0.5, 0.6) is 0 Å². The van der Waals surface area contributed by atoms with Gasteiger partial charge in [0, 0.05) is 11.7 Å². The Morgan fingerprint density at radius 2 is 1.83 bits per heavy atom. The Hall–Kier alpha value is -1.51. The van der Waals surface area contributed by atoms with Crippen LogP contribution in [0.1, 0.15) is 33.3 Å². The summed E-state index contributed by atoms with van der Waals surface area (Å²) in [5, 5.41) is 0. The van der Waals surface area contributed by atoms with E-state index in [1.807, 2.05) is 27.7 Å². The molecule has 0 atom stereocenters. The van der Waals surface area contributed by atoms with Gasteiger partial charge in [0.1, 0.15) is 5.82 Å². The fourth-order valence-electron chi connectivity index (χ4n) is 1.72. The van der Waals surface area contributed by atoms with Crippen molar-refractivity contribution in [2.24, 2.45) is 0 Å². The number of anilines is 1. The Labute approximate surface area is 108 Å². The summed E-state index contributed by atoms with van der Waals surface area (Å²) in [5.74, 6) is 2.85. The number of hydrogen-bond donors (Lipinski definition) is 1. The molecule has 2 N–H and O–H groups in total. The van der Waals surface area contributed by atoms with E-state index in [9.17, 15) is 0 Å². The van der Waals surface area contributed by atoms with E-state index in [0.29, 0.717) is 11.4 Å². The fourth-order valence-corrected chi connectivity index (χ4v) is 1.72. The molecule has 2 heterocycles. The van der Waals surface area contributed by atoms with Gasteiger partial charge in [-0.3, -0.25) is 0 Å². The highest BCUT2D eigenvalue weighted by molar-refractivity contribution is 6.62. The Kier molecular flexibility index (Phi) is 2.88. The summed E-state index contributed by atoms with van der Waals surface area (Å²) in [7, 11) is -0.463. The van der Waals surface area contributed by atoms with Crippen LogP contribution < -0.4 is 11.2 Å². The molecule has 2 rings (SSSR count). The van der Waals surface area contributed by atoms with Gasteiger partial charge >= 0.3 is 7.12 Å². The highest BCUT2D eigenvalue weighted by Gasteiger charge is 2.51. The van der Waals surface area contributed by atoms with Crippen LogP contribution in [-0.2, 0) is 9.31 Å². The first-order valence-electron chi connectivity index (χ1n) is 5.84. The van der Waals surface area contributed by atoms with E-state index in [-0.39, 0.29) is 11.2 Å². The number of rotatable bonds is 1. The molecular formula is C13H17BN2O2. The van der Waals surface area contributed by atoms with Gasteiger partial charge in [-0.2, -0.15) is 0 Å². The molecule has 1 fully saturated rings. The van der Waals surface area contributed by atoms with Crippen molar-refractivity contribution in [1.29, 1.82) is 0 Å². The average molecular weight is 244 g/mol. The molecule has 0 unspecified atom stereocenters. The summed E-state index contributed by atoms with van der Waals surface area (Å²) in [5.41, 5.74) is 6.26. The third-order valence-corrected chi connectivity index (χ3v) is 3.62. The highest BCUT2D eigenvalue weighted by atomic mass is 16.7. The molecule has 0 bridgehead atoms. The summed E-state index contributed by atoms with van der Waals surface area (Å²) >= 11 is 0. The van der Waals surface area contributed by atoms with E-state index in [0.717, 1.165) is 5.46 Å². The van der Waals surface area contributed by atoms with Gasteiger partial charge in [0.15, 0.2) is 0 Å². The Morgan fingerprint density at radius 3 is 2.33 bits per heavy atom. The number of hydrogen-bond acceptors (Lipinski definition) is 4. The van der Waals surface area contributed by atoms with Crippen LogP contribution in [0.4, 0.5) is 5.82 Å². The van der Waals surface area contributed by atoms with Crippen LogP contribution in [0.15, 0.2) is 12.3 Å². The lowest BCUT2D eigenvalue weighted by atomic mass is 9.79. The van der Waals surface area contributed by atoms with Crippen molar-refractivity contribution in [3.8, 4) is 12.3 Å². The van der Waals surface area contributed by atoms with Crippen LogP contribution in [0.3, 0.4) is 0 Å². The molecular weight excluding hydrogens is 227 g/mol. The molecule has 0 amide bonds. The number of nitrogens with two attached hydrogens (primary N) is 1. The summed E-state index contributed by atoms with van der Waals surface area (Å²) in [4.78, 5) is 4.07. The Balaban J connectivity index is 2.33. The Morgan fingerprint density at radius 1 is 1.28 bits per heavy atom. The number of aromatic nitrogens is 1. The van der Waals surface area contributed by atoms with E-state index >= 15 is 0 Å². The zero-order valence-electron chi connectivity index (χ0n) is 11.2. The Bertz CT molecular complexity index is 504. The van der Waals surface area contributed by atoms with E-state index in [4.69, 9.17) is 21.5 Å². The number of terminal acetylenes is 1. The van der Waals surface area contributed by atoms with Gasteiger partial charge in [-0.05, 0) is 33.8 Å². The van der Waals surface area contributed by atoms with Crippen molar-refractivity contribution in [2.45, 2.75) is 38.9 Å². The molecule has 0 aliphatic carbocycles. The van der Waals surface area contributed by atoms with E-state index in [2.05, 4.69) is 10.9 Å². The average Bonchev–Trinajstić information content (AvgIpc) is 2.49. The lowest BCUT2D eigenvalue weighted by Gasteiger charge is -2.32. The minimum Gasteiger partial charge on any atom is -0.399 e. The molecule has 94 valence electrons. The van der Waals surface area contributed by atoms with Crippen LogP contribution in [0.25, 0.3) is 0 Å². The quantitative estimate of drug-likeness (QED) is 0.590. The minimum atomic E-state index is -0.463. The van der Waals surface area contributed by atoms with Crippen molar-refractivity contribution in [1.82, 2.24) is 4.98 Å². The van der Waals surface area contributed by atoms with Gasteiger partial charge in [-0.1, -0.05) is 5.92 Å². The SMILES string of the molecule is C#Cc1cc(B2OC(C)(C)C(C)(C)O2)cnc1N. The maximum absolute atomic E-state index is 5.92. The molecule has 0 aromatic carbocycles. The predicted octanol–water partition coefficient (Wildman–Crippen LogP) is 0.944. The molecule has 0 saturated carbocycles. The maximum Gasteiger partial charge on any atom is 0.496 e. The molecule has 4 nitrogen and oxygen atoms in total. The van der Waals surface area contributed by atoms with E-state index in [1.54, 1.807) is 12.3 Å². The number of nitrogens with zero attached hydrogens (tertiary/aromatic N) is 1. The second-order valence-electron chi connectivity index (χ2n) is 5.43. The first kappa shape index (κ1) is 12.9. The molecule has 5 heteroatoms. The van der Waals surface area contributed by atoms with E-state index in [1.165, 1.54) is 0 Å². The van der Waals surface area contributed by atoms with Crippen molar-refractivity contribution >= 4 is 18.4 Å². The predicted molar refractivity (Wildman–Crippen MR) is 72.3 cm³/mol. The van der Waals surface area contributed by atoms with Gasteiger partial charge in [0.2, 0.25) is 0 Å². The first-order chi connectivity index (χ1) is 8.27. The van der Waals surface area contributed by atoms with Crippen LogP contribution in [-0.4, -0.2) is 23.3 Å². The second kappa shape index (κ2) is 4.01. The van der Waals surface area contributed by atoms with E-state index < -0.39 is 7.12 Å². The van der Waals surface area contributed by atoms with Crippen molar-refractivity contribution in [3.63, 3.8) is 0 Å². The van der Waals surface area contributed by atoms with Crippen LogP contribution in [0.2, 0.25) is 0 Å². The van der Waals surface area contributed by atoms with Crippen LogP contribution in [0, 0.1) is 12.3 Å². The number of pyridine rings is 1. The summed E-state index contributed by atoms with van der Waals surface area (Å²) in [6, 6.07) is 1.78. The molecule has 18 heavy (non-hydrogen) atoms. The molecule has 0 radical (unpaired) electrons. The topological polar surface area (TPSA) is 57.4 Å². The first-order valence-corrected chi connectivity index (χ1v) is 5.84.